The van der Waals surface area contributed by atoms with Gasteiger partial charge in [-0.25, -0.2) is 4.79 Å². The number of aliphatic hydroxyl groups is 1. The van der Waals surface area contributed by atoms with Gasteiger partial charge in [0.2, 0.25) is 11.8 Å². The number of fused-ring (bicyclic) bond motifs is 2. The summed E-state index contributed by atoms with van der Waals surface area (Å²) in [6, 6.07) is 23.6. The minimum absolute atomic E-state index is 0.0859. The lowest BCUT2D eigenvalue weighted by atomic mass is 9.94. The van der Waals surface area contributed by atoms with Gasteiger partial charge in [-0.1, -0.05) is 60.7 Å². The summed E-state index contributed by atoms with van der Waals surface area (Å²) >= 11 is 0. The van der Waals surface area contributed by atoms with Gasteiger partial charge in [0.15, 0.2) is 0 Å². The van der Waals surface area contributed by atoms with Crippen molar-refractivity contribution in [2.24, 2.45) is 0 Å². The van der Waals surface area contributed by atoms with Crippen LogP contribution in [0.2, 0.25) is 0 Å². The maximum absolute atomic E-state index is 14.2. The molecular formula is C33H33N5O5. The fourth-order valence-electron chi connectivity index (χ4n) is 6.14. The number of aliphatic hydroxyl groups excluding tert-OH is 1. The monoisotopic (exact) mass is 579 g/mol. The molecule has 0 aliphatic carbocycles. The van der Waals surface area contributed by atoms with E-state index in [1.807, 2.05) is 60.7 Å². The summed E-state index contributed by atoms with van der Waals surface area (Å²) in [4.78, 5) is 50.7. The van der Waals surface area contributed by atoms with E-state index < -0.39 is 24.3 Å². The van der Waals surface area contributed by atoms with Crippen molar-refractivity contribution in [1.29, 1.82) is 0 Å². The number of nitrogens with zero attached hydrogens (tertiary/aromatic N) is 4. The molecule has 3 heterocycles. The third-order valence-corrected chi connectivity index (χ3v) is 8.24. The van der Waals surface area contributed by atoms with Crippen LogP contribution in [0.3, 0.4) is 0 Å². The number of nitrogens with one attached hydrogen (secondary N) is 1. The molecule has 0 bridgehead atoms. The molecule has 3 aromatic carbocycles. The second kappa shape index (κ2) is 12.1. The molecule has 10 heteroatoms. The summed E-state index contributed by atoms with van der Waals surface area (Å²) < 4.78 is 0. The van der Waals surface area contributed by atoms with Crippen LogP contribution in [-0.2, 0) is 29.1 Å². The van der Waals surface area contributed by atoms with Crippen LogP contribution in [-0.4, -0.2) is 79.1 Å². The van der Waals surface area contributed by atoms with Gasteiger partial charge in [0.25, 0.3) is 0 Å². The predicted molar refractivity (Wildman–Crippen MR) is 159 cm³/mol. The highest BCUT2D eigenvalue weighted by atomic mass is 16.3. The Hall–Kier alpha value is -4.96. The quantitative estimate of drug-likeness (QED) is 0.309. The first kappa shape index (κ1) is 28.2. The number of hydrogen-bond donors (Lipinski definition) is 3. The zero-order valence-electron chi connectivity index (χ0n) is 23.5. The number of aromatic hydroxyl groups is 1. The van der Waals surface area contributed by atoms with Crippen molar-refractivity contribution >= 4 is 28.7 Å². The van der Waals surface area contributed by atoms with E-state index in [0.29, 0.717) is 0 Å². The van der Waals surface area contributed by atoms with E-state index in [9.17, 15) is 24.6 Å². The minimum Gasteiger partial charge on any atom is -0.508 e. The Morgan fingerprint density at radius 1 is 0.930 bits per heavy atom. The Bertz CT molecular complexity index is 1620. The van der Waals surface area contributed by atoms with Gasteiger partial charge in [0, 0.05) is 37.5 Å². The summed E-state index contributed by atoms with van der Waals surface area (Å²) in [6.45, 7) is 0.232. The van der Waals surface area contributed by atoms with Gasteiger partial charge in [-0.2, -0.15) is 0 Å². The molecule has 2 aliphatic heterocycles. The van der Waals surface area contributed by atoms with E-state index in [4.69, 9.17) is 0 Å². The van der Waals surface area contributed by atoms with Gasteiger partial charge in [0.1, 0.15) is 18.0 Å². The molecule has 3 N–H and O–H groups in total. The molecule has 43 heavy (non-hydrogen) atoms. The Morgan fingerprint density at radius 3 is 2.49 bits per heavy atom. The van der Waals surface area contributed by atoms with Crippen LogP contribution in [0.4, 0.5) is 4.79 Å². The average molecular weight is 580 g/mol. The van der Waals surface area contributed by atoms with Crippen molar-refractivity contribution in [1.82, 2.24) is 25.0 Å². The molecule has 0 spiro atoms. The van der Waals surface area contributed by atoms with Crippen LogP contribution in [0.15, 0.2) is 91.1 Å². The number of carbonyl (C=O) groups excluding carboxylic acids is 3. The maximum atomic E-state index is 14.2. The molecule has 2 fully saturated rings. The number of phenols is 1. The normalized spacial score (nSPS) is 20.3. The second-order valence-corrected chi connectivity index (χ2v) is 11.0. The molecule has 220 valence electrons. The van der Waals surface area contributed by atoms with E-state index in [-0.39, 0.29) is 56.6 Å². The number of phenolic OH excluding ortho intramolecular Hbond substituents is 1. The molecule has 3 atom stereocenters. The van der Waals surface area contributed by atoms with E-state index in [0.717, 1.165) is 27.6 Å². The maximum Gasteiger partial charge on any atom is 0.319 e. The first-order valence-electron chi connectivity index (χ1n) is 14.3. The number of urea groups is 1. The number of carbonyl (C=O) groups is 3. The SMILES string of the molecule is O=C1[C@H](Cc2ccc(O)cc2)N2C(=O)C[C@@H](CO)N(C(=O)NCc3ccccc3)[C@H]2CN1Cc1cccc2ncccc12. The fraction of sp³-hybridized carbons (Fsp3) is 0.273. The van der Waals surface area contributed by atoms with Crippen LogP contribution in [0.5, 0.6) is 5.75 Å². The number of pyridine rings is 1. The summed E-state index contributed by atoms with van der Waals surface area (Å²) in [5, 5.41) is 24.0. The minimum atomic E-state index is -0.882. The van der Waals surface area contributed by atoms with Crippen molar-refractivity contribution in [2.45, 2.75) is 44.2 Å². The van der Waals surface area contributed by atoms with Crippen molar-refractivity contribution in [3.63, 3.8) is 0 Å². The number of hydrogen-bond acceptors (Lipinski definition) is 6. The standard InChI is InChI=1S/C33H33N5O5/c39-21-25-17-31(41)38-29(16-22-11-13-26(40)14-12-22)32(42)36(19-24-8-4-10-28-27(24)9-5-15-34-28)20-30(38)37(25)33(43)35-18-23-6-2-1-3-7-23/h1-15,25,29-30,39-40H,16-21H2,(H,35,43)/t25-,29-,30+/m0/s1. The molecule has 0 unspecified atom stereocenters. The van der Waals surface area contributed by atoms with Crippen LogP contribution >= 0.6 is 0 Å². The van der Waals surface area contributed by atoms with Gasteiger partial charge in [-0.15, -0.1) is 0 Å². The van der Waals surface area contributed by atoms with Crippen molar-refractivity contribution in [3.8, 4) is 5.75 Å². The Balaban J connectivity index is 1.36. The number of amides is 4. The lowest BCUT2D eigenvalue weighted by molar-refractivity contribution is -0.171. The highest BCUT2D eigenvalue weighted by molar-refractivity contribution is 5.92. The average Bonchev–Trinajstić information content (AvgIpc) is 3.03. The largest absolute Gasteiger partial charge is 0.508 e. The number of aromatic nitrogens is 1. The molecule has 2 saturated heterocycles. The predicted octanol–water partition coefficient (Wildman–Crippen LogP) is 3.03. The summed E-state index contributed by atoms with van der Waals surface area (Å²) in [5.74, 6) is -0.420. The second-order valence-electron chi connectivity index (χ2n) is 11.0. The zero-order chi connectivity index (χ0) is 29.9. The van der Waals surface area contributed by atoms with Crippen molar-refractivity contribution in [3.05, 3.63) is 108 Å². The van der Waals surface area contributed by atoms with Crippen LogP contribution in [0.25, 0.3) is 10.9 Å². The highest BCUT2D eigenvalue weighted by Gasteiger charge is 2.51. The summed E-state index contributed by atoms with van der Waals surface area (Å²) in [5.41, 5.74) is 3.39. The van der Waals surface area contributed by atoms with Crippen LogP contribution < -0.4 is 5.32 Å². The lowest BCUT2D eigenvalue weighted by Crippen LogP contribution is -2.74. The first-order valence-corrected chi connectivity index (χ1v) is 14.3. The van der Waals surface area contributed by atoms with E-state index >= 15 is 0 Å². The van der Waals surface area contributed by atoms with Gasteiger partial charge in [0.05, 0.1) is 24.7 Å². The first-order chi connectivity index (χ1) is 20.9. The third-order valence-electron chi connectivity index (χ3n) is 8.24. The molecule has 1 aromatic heterocycles. The molecule has 0 radical (unpaired) electrons. The zero-order valence-corrected chi connectivity index (χ0v) is 23.5. The smallest absolute Gasteiger partial charge is 0.319 e. The molecule has 2 aliphatic rings. The van der Waals surface area contributed by atoms with E-state index in [1.54, 1.807) is 35.4 Å². The molecule has 10 nitrogen and oxygen atoms in total. The summed E-state index contributed by atoms with van der Waals surface area (Å²) in [7, 11) is 0. The van der Waals surface area contributed by atoms with Gasteiger partial charge in [-0.05, 0) is 41.0 Å². The Labute approximate surface area is 249 Å². The highest BCUT2D eigenvalue weighted by Crippen LogP contribution is 2.32. The Morgan fingerprint density at radius 2 is 1.72 bits per heavy atom. The van der Waals surface area contributed by atoms with E-state index in [1.165, 1.54) is 9.80 Å². The molecule has 6 rings (SSSR count). The van der Waals surface area contributed by atoms with Crippen LogP contribution in [0.1, 0.15) is 23.1 Å². The fourth-order valence-corrected chi connectivity index (χ4v) is 6.14. The van der Waals surface area contributed by atoms with Crippen LogP contribution in [0, 0.1) is 0 Å². The van der Waals surface area contributed by atoms with E-state index in [2.05, 4.69) is 10.3 Å². The summed E-state index contributed by atoms with van der Waals surface area (Å²) in [6.07, 6.45) is 1.04. The van der Waals surface area contributed by atoms with Crippen molar-refractivity contribution < 1.29 is 24.6 Å². The van der Waals surface area contributed by atoms with Gasteiger partial charge < -0.3 is 25.3 Å². The molecule has 4 amide bonds. The molecule has 4 aromatic rings. The van der Waals surface area contributed by atoms with Crippen molar-refractivity contribution in [2.75, 3.05) is 13.2 Å². The Kier molecular flexibility index (Phi) is 7.93. The third kappa shape index (κ3) is 5.74. The molecule has 0 saturated carbocycles. The van der Waals surface area contributed by atoms with Gasteiger partial charge >= 0.3 is 6.03 Å². The number of rotatable bonds is 7. The van der Waals surface area contributed by atoms with Gasteiger partial charge in [-0.3, -0.25) is 19.5 Å². The molecular weight excluding hydrogens is 546 g/mol. The topological polar surface area (TPSA) is 126 Å². The number of benzene rings is 3. The lowest BCUT2D eigenvalue weighted by Gasteiger charge is -2.54. The number of piperazine rings is 1.